The third kappa shape index (κ3) is 5.48. The zero-order chi connectivity index (χ0) is 13.0. The molecule has 20 heavy (non-hydrogen) atoms. The lowest BCUT2D eigenvalue weighted by Crippen LogP contribution is -2.35. The van der Waals surface area contributed by atoms with E-state index in [1.54, 1.807) is 0 Å². The Morgan fingerprint density at radius 3 is 2.85 bits per heavy atom. The van der Waals surface area contributed by atoms with Crippen LogP contribution in [0.25, 0.3) is 0 Å². The molecular weight excluding hydrogens is 365 g/mol. The molecule has 1 atom stereocenters. The fourth-order valence-electron chi connectivity index (χ4n) is 2.24. The summed E-state index contributed by atoms with van der Waals surface area (Å²) in [5.41, 5.74) is 6.50. The molecule has 114 valence electrons. The molecule has 1 aromatic rings. The fourth-order valence-corrected chi connectivity index (χ4v) is 2.62. The summed E-state index contributed by atoms with van der Waals surface area (Å²) in [5, 5.41) is 2.86. The van der Waals surface area contributed by atoms with Gasteiger partial charge in [0.15, 0.2) is 0 Å². The van der Waals surface area contributed by atoms with Gasteiger partial charge in [-0.25, -0.2) is 0 Å². The molecule has 7 heteroatoms. The van der Waals surface area contributed by atoms with Crippen LogP contribution in [-0.4, -0.2) is 32.1 Å². The van der Waals surface area contributed by atoms with Crippen molar-refractivity contribution in [1.82, 2.24) is 5.32 Å². The van der Waals surface area contributed by atoms with Crippen LogP contribution in [0.2, 0.25) is 0 Å². The Kier molecular flexibility index (Phi) is 9.22. The van der Waals surface area contributed by atoms with Crippen LogP contribution >= 0.6 is 40.7 Å². The molecule has 0 aromatic heterocycles. The predicted octanol–water partition coefficient (Wildman–Crippen LogP) is 2.19. The van der Waals surface area contributed by atoms with Crippen molar-refractivity contribution >= 4 is 52.3 Å². The number of nitrogens with two attached hydrogens (primary N) is 1. The van der Waals surface area contributed by atoms with E-state index in [9.17, 15) is 4.79 Å². The Labute approximate surface area is 140 Å². The maximum Gasteiger partial charge on any atom is 0.233 e. The van der Waals surface area contributed by atoms with Crippen molar-refractivity contribution in [2.75, 3.05) is 31.1 Å². The highest BCUT2D eigenvalue weighted by Crippen LogP contribution is 2.25. The van der Waals surface area contributed by atoms with Gasteiger partial charge in [0, 0.05) is 29.8 Å². The minimum Gasteiger partial charge on any atom is -0.371 e. The van der Waals surface area contributed by atoms with E-state index in [0.717, 1.165) is 30.5 Å². The van der Waals surface area contributed by atoms with Crippen molar-refractivity contribution in [3.63, 3.8) is 0 Å². The number of anilines is 1. The van der Waals surface area contributed by atoms with Gasteiger partial charge in [-0.1, -0.05) is 22.0 Å². The molecular formula is C13H20BrCl2N3O. The molecule has 0 saturated carbocycles. The Bertz CT molecular complexity index is 434. The Hall–Kier alpha value is -0.490. The summed E-state index contributed by atoms with van der Waals surface area (Å²) in [6.07, 6.45) is 1.11. The number of nitrogens with one attached hydrogen (secondary N) is 1. The summed E-state index contributed by atoms with van der Waals surface area (Å²) in [5.74, 6) is 0.440. The van der Waals surface area contributed by atoms with E-state index in [1.165, 1.54) is 5.69 Å². The number of benzene rings is 1. The molecule has 1 aromatic carbocycles. The van der Waals surface area contributed by atoms with Crippen LogP contribution in [-0.2, 0) is 4.79 Å². The van der Waals surface area contributed by atoms with Crippen molar-refractivity contribution in [3.05, 3.63) is 28.7 Å². The Morgan fingerprint density at radius 2 is 2.20 bits per heavy atom. The van der Waals surface area contributed by atoms with Crippen LogP contribution < -0.4 is 16.0 Å². The van der Waals surface area contributed by atoms with E-state index >= 15 is 0 Å². The van der Waals surface area contributed by atoms with E-state index in [4.69, 9.17) is 5.73 Å². The van der Waals surface area contributed by atoms with Crippen molar-refractivity contribution in [2.45, 2.75) is 6.42 Å². The summed E-state index contributed by atoms with van der Waals surface area (Å²) >= 11 is 3.49. The number of halogens is 3. The quantitative estimate of drug-likeness (QED) is 0.836. The number of hydrogen-bond donors (Lipinski definition) is 2. The van der Waals surface area contributed by atoms with Crippen molar-refractivity contribution in [1.29, 1.82) is 0 Å². The monoisotopic (exact) mass is 383 g/mol. The van der Waals surface area contributed by atoms with E-state index < -0.39 is 0 Å². The maximum atomic E-state index is 11.1. The number of carbonyl (C=O) groups is 1. The van der Waals surface area contributed by atoms with Gasteiger partial charge in [-0.2, -0.15) is 0 Å². The summed E-state index contributed by atoms with van der Waals surface area (Å²) in [7, 11) is 0. The predicted molar refractivity (Wildman–Crippen MR) is 91.0 cm³/mol. The molecule has 1 aliphatic heterocycles. The van der Waals surface area contributed by atoms with Crippen molar-refractivity contribution < 1.29 is 4.79 Å². The Balaban J connectivity index is 0.00000180. The molecule has 1 saturated heterocycles. The topological polar surface area (TPSA) is 58.4 Å². The first kappa shape index (κ1) is 19.5. The highest BCUT2D eigenvalue weighted by molar-refractivity contribution is 9.10. The van der Waals surface area contributed by atoms with Crippen LogP contribution in [0.15, 0.2) is 28.7 Å². The van der Waals surface area contributed by atoms with Crippen molar-refractivity contribution in [3.8, 4) is 0 Å². The van der Waals surface area contributed by atoms with Gasteiger partial charge in [-0.3, -0.25) is 4.79 Å². The smallest absolute Gasteiger partial charge is 0.233 e. The molecule has 1 fully saturated rings. The van der Waals surface area contributed by atoms with E-state index in [1.807, 2.05) is 12.1 Å². The molecule has 1 heterocycles. The maximum absolute atomic E-state index is 11.1. The standard InChI is InChI=1S/C13H18BrN3O.2ClH/c14-11-2-1-3-12(6-11)17-5-4-10(9-17)8-16-13(18)7-15;;/h1-3,6,10H,4-5,7-9,15H2,(H,16,18);2*1H. The van der Waals surface area contributed by atoms with Crippen LogP contribution in [0.5, 0.6) is 0 Å². The summed E-state index contributed by atoms with van der Waals surface area (Å²) in [6.45, 7) is 2.82. The lowest BCUT2D eigenvalue weighted by Gasteiger charge is -2.19. The molecule has 0 spiro atoms. The first-order chi connectivity index (χ1) is 8.69. The lowest BCUT2D eigenvalue weighted by atomic mass is 10.1. The fraction of sp³-hybridized carbons (Fsp3) is 0.462. The third-order valence-electron chi connectivity index (χ3n) is 3.23. The molecule has 0 radical (unpaired) electrons. The third-order valence-corrected chi connectivity index (χ3v) is 3.73. The second-order valence-corrected chi connectivity index (χ2v) is 5.50. The van der Waals surface area contributed by atoms with Gasteiger partial charge in [0.25, 0.3) is 0 Å². The first-order valence-electron chi connectivity index (χ1n) is 6.16. The highest BCUT2D eigenvalue weighted by Gasteiger charge is 2.22. The zero-order valence-electron chi connectivity index (χ0n) is 11.0. The van der Waals surface area contributed by atoms with Crippen LogP contribution in [0.3, 0.4) is 0 Å². The lowest BCUT2D eigenvalue weighted by molar-refractivity contribution is -0.119. The molecule has 0 aliphatic carbocycles. The van der Waals surface area contributed by atoms with E-state index in [0.29, 0.717) is 5.92 Å². The van der Waals surface area contributed by atoms with Gasteiger partial charge in [-0.15, -0.1) is 24.8 Å². The summed E-state index contributed by atoms with van der Waals surface area (Å²) in [6, 6.07) is 8.31. The number of rotatable bonds is 4. The van der Waals surface area contributed by atoms with Crippen LogP contribution in [0, 0.1) is 5.92 Å². The van der Waals surface area contributed by atoms with Gasteiger partial charge < -0.3 is 16.0 Å². The molecule has 1 amide bonds. The minimum atomic E-state index is -0.0732. The summed E-state index contributed by atoms with van der Waals surface area (Å²) in [4.78, 5) is 13.5. The van der Waals surface area contributed by atoms with Crippen LogP contribution in [0.4, 0.5) is 5.69 Å². The summed E-state index contributed by atoms with van der Waals surface area (Å²) < 4.78 is 1.10. The minimum absolute atomic E-state index is 0. The van der Waals surface area contributed by atoms with Crippen molar-refractivity contribution in [2.24, 2.45) is 11.7 Å². The SMILES string of the molecule is Cl.Cl.NCC(=O)NCC1CCN(c2cccc(Br)c2)C1. The number of hydrogen-bond acceptors (Lipinski definition) is 3. The number of amides is 1. The number of carbonyl (C=O) groups excluding carboxylic acids is 1. The molecule has 1 aliphatic rings. The average Bonchev–Trinajstić information content (AvgIpc) is 2.84. The largest absolute Gasteiger partial charge is 0.371 e. The molecule has 4 nitrogen and oxygen atoms in total. The molecule has 3 N–H and O–H groups in total. The van der Waals surface area contributed by atoms with E-state index in [2.05, 4.69) is 38.3 Å². The second-order valence-electron chi connectivity index (χ2n) is 4.59. The average molecular weight is 385 g/mol. The number of nitrogens with zero attached hydrogens (tertiary/aromatic N) is 1. The first-order valence-corrected chi connectivity index (χ1v) is 6.95. The molecule has 1 unspecified atom stereocenters. The Morgan fingerprint density at radius 1 is 1.45 bits per heavy atom. The van der Waals surface area contributed by atoms with Gasteiger partial charge in [0.05, 0.1) is 6.54 Å². The molecule has 2 rings (SSSR count). The van der Waals surface area contributed by atoms with Gasteiger partial charge in [0.2, 0.25) is 5.91 Å². The second kappa shape index (κ2) is 9.45. The van der Waals surface area contributed by atoms with Gasteiger partial charge in [0.1, 0.15) is 0 Å². The van der Waals surface area contributed by atoms with Crippen LogP contribution in [0.1, 0.15) is 6.42 Å². The normalized spacial score (nSPS) is 17.1. The van der Waals surface area contributed by atoms with Gasteiger partial charge in [-0.05, 0) is 30.5 Å². The molecule has 0 bridgehead atoms. The zero-order valence-corrected chi connectivity index (χ0v) is 14.3. The van der Waals surface area contributed by atoms with Gasteiger partial charge >= 0.3 is 0 Å². The highest BCUT2D eigenvalue weighted by atomic mass is 79.9. The van der Waals surface area contributed by atoms with E-state index in [-0.39, 0.29) is 37.3 Å².